The second-order valence-electron chi connectivity index (χ2n) is 5.38. The Bertz CT molecular complexity index is 596. The van der Waals surface area contributed by atoms with Gasteiger partial charge in [0, 0.05) is 31.0 Å². The molecule has 1 aromatic heterocycles. The lowest BCUT2D eigenvalue weighted by Gasteiger charge is -2.23. The Labute approximate surface area is 126 Å². The van der Waals surface area contributed by atoms with E-state index in [2.05, 4.69) is 10.3 Å². The van der Waals surface area contributed by atoms with Crippen LogP contribution in [-0.4, -0.2) is 44.6 Å². The second-order valence-corrected chi connectivity index (χ2v) is 7.57. The first-order valence-corrected chi connectivity index (χ1v) is 8.79. The average Bonchev–Trinajstić information content (AvgIpc) is 2.89. The van der Waals surface area contributed by atoms with Gasteiger partial charge in [0.15, 0.2) is 9.84 Å². The normalized spacial score (nSPS) is 20.8. The van der Waals surface area contributed by atoms with Crippen LogP contribution in [0.3, 0.4) is 0 Å². The highest BCUT2D eigenvalue weighted by Gasteiger charge is 2.32. The molecule has 0 aliphatic carbocycles. The molecule has 2 rings (SSSR count). The fraction of sp³-hybridized carbons (Fsp3) is 0.615. The molecule has 0 bridgehead atoms. The molecular weight excluding hydrogens is 321 g/mol. The first-order chi connectivity index (χ1) is 10.1. The highest BCUT2D eigenvalue weighted by Crippen LogP contribution is 2.29. The van der Waals surface area contributed by atoms with E-state index in [0.29, 0.717) is 12.7 Å². The van der Waals surface area contributed by atoms with Gasteiger partial charge < -0.3 is 10.1 Å². The summed E-state index contributed by atoms with van der Waals surface area (Å²) in [5.74, 6) is -0.213. The Balaban J connectivity index is 2.12. The Morgan fingerprint density at radius 1 is 1.45 bits per heavy atom. The number of alkyl halides is 3. The third-order valence-electron chi connectivity index (χ3n) is 3.43. The van der Waals surface area contributed by atoms with Gasteiger partial charge in [0.25, 0.3) is 0 Å². The van der Waals surface area contributed by atoms with Crippen LogP contribution in [0.4, 0.5) is 13.2 Å². The van der Waals surface area contributed by atoms with Crippen molar-refractivity contribution < 1.29 is 26.3 Å². The van der Waals surface area contributed by atoms with E-state index >= 15 is 0 Å². The molecule has 1 N–H and O–H groups in total. The number of ether oxygens (including phenoxy) is 1. The Hall–Kier alpha value is -1.35. The van der Waals surface area contributed by atoms with E-state index in [-0.39, 0.29) is 17.6 Å². The predicted molar refractivity (Wildman–Crippen MR) is 74.3 cm³/mol. The summed E-state index contributed by atoms with van der Waals surface area (Å²) in [7, 11) is -3.27. The fourth-order valence-electron chi connectivity index (χ4n) is 2.33. The van der Waals surface area contributed by atoms with Gasteiger partial charge in [-0.3, -0.25) is 0 Å². The zero-order chi connectivity index (χ0) is 16.4. The van der Waals surface area contributed by atoms with E-state index in [1.54, 1.807) is 0 Å². The zero-order valence-corrected chi connectivity index (χ0v) is 12.7. The van der Waals surface area contributed by atoms with Gasteiger partial charge in [-0.2, -0.15) is 13.2 Å². The van der Waals surface area contributed by atoms with Crippen LogP contribution < -0.4 is 10.1 Å². The lowest BCUT2D eigenvalue weighted by molar-refractivity contribution is -0.137. The van der Waals surface area contributed by atoms with Gasteiger partial charge in [-0.05, 0) is 19.0 Å². The van der Waals surface area contributed by atoms with Crippen LogP contribution in [0, 0.1) is 5.92 Å². The fourth-order valence-corrected chi connectivity index (χ4v) is 3.27. The number of hydrogen-bond donors (Lipinski definition) is 1. The highest BCUT2D eigenvalue weighted by atomic mass is 32.2. The molecule has 0 spiro atoms. The summed E-state index contributed by atoms with van der Waals surface area (Å²) in [6, 6.07) is 1.98. The van der Waals surface area contributed by atoms with Crippen molar-refractivity contribution in [3.8, 4) is 5.88 Å². The molecule has 0 saturated carbocycles. The van der Waals surface area contributed by atoms with Crippen LogP contribution in [0.5, 0.6) is 5.88 Å². The summed E-state index contributed by atoms with van der Waals surface area (Å²) in [5, 5.41) is 3.11. The minimum absolute atomic E-state index is 0.00597. The summed E-state index contributed by atoms with van der Waals surface area (Å²) < 4.78 is 66.0. The van der Waals surface area contributed by atoms with E-state index in [1.165, 1.54) is 0 Å². The number of hydrogen-bond acceptors (Lipinski definition) is 5. The second kappa shape index (κ2) is 6.41. The molecule has 0 unspecified atom stereocenters. The molecule has 22 heavy (non-hydrogen) atoms. The third-order valence-corrected chi connectivity index (χ3v) is 4.36. The number of nitrogens with zero attached hydrogens (tertiary/aromatic N) is 1. The molecule has 0 amide bonds. The standard InChI is InChI=1S/C13H17F3N2O3S/c1-22(19,20)8-11(9-4-5-17-6-9)21-12-3-2-10(7-18-12)13(14,15)16/h2-3,7,9,11,17H,4-6,8H2,1H3/t9-,11-/m0/s1. The number of nitrogens with one attached hydrogen (secondary N) is 1. The van der Waals surface area contributed by atoms with E-state index in [0.717, 1.165) is 31.4 Å². The summed E-state index contributed by atoms with van der Waals surface area (Å²) >= 11 is 0. The smallest absolute Gasteiger partial charge is 0.417 e. The predicted octanol–water partition coefficient (Wildman–Crippen LogP) is 1.50. The van der Waals surface area contributed by atoms with Gasteiger partial charge in [0.05, 0.1) is 11.3 Å². The molecule has 124 valence electrons. The summed E-state index contributed by atoms with van der Waals surface area (Å²) in [5.41, 5.74) is -0.873. The maximum absolute atomic E-state index is 12.5. The van der Waals surface area contributed by atoms with Crippen molar-refractivity contribution >= 4 is 9.84 Å². The monoisotopic (exact) mass is 338 g/mol. The van der Waals surface area contributed by atoms with Crippen LogP contribution >= 0.6 is 0 Å². The van der Waals surface area contributed by atoms with Crippen LogP contribution in [-0.2, 0) is 16.0 Å². The van der Waals surface area contributed by atoms with Gasteiger partial charge in [-0.25, -0.2) is 13.4 Å². The SMILES string of the molecule is CS(=O)(=O)C[C@H](Oc1ccc(C(F)(F)F)cn1)[C@H]1CCNC1. The third kappa shape index (κ3) is 4.84. The molecule has 2 heterocycles. The van der Waals surface area contributed by atoms with E-state index in [9.17, 15) is 21.6 Å². The molecule has 1 fully saturated rings. The van der Waals surface area contributed by atoms with Crippen molar-refractivity contribution in [2.24, 2.45) is 5.92 Å². The lowest BCUT2D eigenvalue weighted by atomic mass is 10.0. The van der Waals surface area contributed by atoms with Crippen molar-refractivity contribution in [3.05, 3.63) is 23.9 Å². The van der Waals surface area contributed by atoms with Gasteiger partial charge in [-0.1, -0.05) is 0 Å². The van der Waals surface area contributed by atoms with Crippen LogP contribution in [0.25, 0.3) is 0 Å². The summed E-state index contributed by atoms with van der Waals surface area (Å²) in [6.07, 6.45) is -2.56. The number of halogens is 3. The molecular formula is C13H17F3N2O3S. The van der Waals surface area contributed by atoms with E-state index in [4.69, 9.17) is 4.74 Å². The topological polar surface area (TPSA) is 68.3 Å². The van der Waals surface area contributed by atoms with Crippen molar-refractivity contribution in [3.63, 3.8) is 0 Å². The van der Waals surface area contributed by atoms with Crippen LogP contribution in [0.15, 0.2) is 18.3 Å². The van der Waals surface area contributed by atoms with Crippen LogP contribution in [0.2, 0.25) is 0 Å². The number of sulfone groups is 1. The van der Waals surface area contributed by atoms with Crippen LogP contribution in [0.1, 0.15) is 12.0 Å². The van der Waals surface area contributed by atoms with E-state index in [1.807, 2.05) is 0 Å². The quantitative estimate of drug-likeness (QED) is 0.881. The largest absolute Gasteiger partial charge is 0.473 e. The molecule has 1 saturated heterocycles. The Kier molecular flexibility index (Phi) is 4.96. The van der Waals surface area contributed by atoms with Crippen molar-refractivity contribution in [2.75, 3.05) is 25.1 Å². The first-order valence-electron chi connectivity index (χ1n) is 6.73. The number of rotatable bonds is 5. The van der Waals surface area contributed by atoms with Crippen molar-refractivity contribution in [1.29, 1.82) is 0 Å². The molecule has 1 aliphatic heterocycles. The number of aromatic nitrogens is 1. The number of pyridine rings is 1. The molecule has 1 aliphatic rings. The minimum Gasteiger partial charge on any atom is -0.473 e. The molecule has 0 aromatic carbocycles. The summed E-state index contributed by atoms with van der Waals surface area (Å²) in [6.45, 7) is 1.37. The molecule has 1 aromatic rings. The van der Waals surface area contributed by atoms with E-state index < -0.39 is 27.7 Å². The Morgan fingerprint density at radius 3 is 2.64 bits per heavy atom. The highest BCUT2D eigenvalue weighted by molar-refractivity contribution is 7.90. The minimum atomic E-state index is -4.47. The summed E-state index contributed by atoms with van der Waals surface area (Å²) in [4.78, 5) is 3.63. The molecule has 5 nitrogen and oxygen atoms in total. The van der Waals surface area contributed by atoms with Gasteiger partial charge in [0.2, 0.25) is 5.88 Å². The average molecular weight is 338 g/mol. The maximum atomic E-state index is 12.5. The lowest BCUT2D eigenvalue weighted by Crippen LogP contribution is -2.35. The molecule has 9 heteroatoms. The van der Waals surface area contributed by atoms with Gasteiger partial charge in [-0.15, -0.1) is 0 Å². The van der Waals surface area contributed by atoms with Gasteiger partial charge in [0.1, 0.15) is 6.10 Å². The maximum Gasteiger partial charge on any atom is 0.417 e. The zero-order valence-electron chi connectivity index (χ0n) is 11.9. The van der Waals surface area contributed by atoms with Gasteiger partial charge >= 0.3 is 6.18 Å². The Morgan fingerprint density at radius 2 is 2.18 bits per heavy atom. The molecule has 0 radical (unpaired) electrons. The van der Waals surface area contributed by atoms with Crippen molar-refractivity contribution in [2.45, 2.75) is 18.7 Å². The van der Waals surface area contributed by atoms with Crippen molar-refractivity contribution in [1.82, 2.24) is 10.3 Å². The first kappa shape index (κ1) is 17.0. The molecule has 2 atom stereocenters.